The van der Waals surface area contributed by atoms with E-state index in [0.717, 1.165) is 24.7 Å². The van der Waals surface area contributed by atoms with E-state index >= 15 is 0 Å². The van der Waals surface area contributed by atoms with Crippen molar-refractivity contribution in [1.29, 1.82) is 0 Å². The molecule has 0 bridgehead atoms. The summed E-state index contributed by atoms with van der Waals surface area (Å²) in [5.41, 5.74) is -1.61. The first-order chi connectivity index (χ1) is 7.07. The van der Waals surface area contributed by atoms with Gasteiger partial charge in [-0.05, 0) is 6.07 Å². The van der Waals surface area contributed by atoms with Gasteiger partial charge in [0.05, 0.1) is 9.85 Å². The number of rotatable bonds is 4. The SMILES string of the molecule is O=[C]Oc1cccc([N+](=O)[O-])c1[N+](=O)[O-]. The molecule has 0 aromatic heterocycles. The molecule has 77 valence electrons. The zero-order valence-electron chi connectivity index (χ0n) is 7.08. The second kappa shape index (κ2) is 4.13. The monoisotopic (exact) mass is 211 g/mol. The van der Waals surface area contributed by atoms with Gasteiger partial charge in [0, 0.05) is 6.07 Å². The topological polar surface area (TPSA) is 113 Å². The highest BCUT2D eigenvalue weighted by Crippen LogP contribution is 2.35. The van der Waals surface area contributed by atoms with E-state index in [9.17, 15) is 25.0 Å². The quantitative estimate of drug-likeness (QED) is 0.541. The zero-order chi connectivity index (χ0) is 11.4. The molecule has 15 heavy (non-hydrogen) atoms. The molecule has 0 aliphatic heterocycles. The van der Waals surface area contributed by atoms with Crippen molar-refractivity contribution in [3.8, 4) is 5.75 Å². The molecule has 0 atom stereocenters. The molecule has 1 aromatic rings. The molecule has 0 aliphatic rings. The Labute approximate surface area is 82.4 Å². The lowest BCUT2D eigenvalue weighted by molar-refractivity contribution is -0.422. The normalized spacial score (nSPS) is 9.33. The maximum atomic E-state index is 10.5. The Morgan fingerprint density at radius 3 is 2.33 bits per heavy atom. The average Bonchev–Trinajstić information content (AvgIpc) is 2.17. The van der Waals surface area contributed by atoms with Gasteiger partial charge in [0.15, 0.2) is 0 Å². The molecule has 0 fully saturated rings. The Morgan fingerprint density at radius 2 is 1.87 bits per heavy atom. The predicted molar refractivity (Wildman–Crippen MR) is 46.1 cm³/mol. The van der Waals surface area contributed by atoms with Gasteiger partial charge in [0.25, 0.3) is 0 Å². The van der Waals surface area contributed by atoms with Crippen LogP contribution in [0.2, 0.25) is 0 Å². The maximum Gasteiger partial charge on any atom is 0.423 e. The fraction of sp³-hybridized carbons (Fsp3) is 0. The first-order valence-electron chi connectivity index (χ1n) is 3.53. The van der Waals surface area contributed by atoms with Gasteiger partial charge in [-0.25, -0.2) is 4.79 Å². The summed E-state index contributed by atoms with van der Waals surface area (Å²) in [5, 5.41) is 20.9. The molecule has 8 heteroatoms. The van der Waals surface area contributed by atoms with Crippen LogP contribution in [0.4, 0.5) is 11.4 Å². The molecular weight excluding hydrogens is 208 g/mol. The van der Waals surface area contributed by atoms with Crippen molar-refractivity contribution in [3.05, 3.63) is 38.4 Å². The molecule has 0 spiro atoms. The third-order valence-electron chi connectivity index (χ3n) is 1.51. The smallest absolute Gasteiger partial charge is 0.410 e. The molecule has 0 amide bonds. The van der Waals surface area contributed by atoms with Gasteiger partial charge in [0.2, 0.25) is 5.75 Å². The van der Waals surface area contributed by atoms with Crippen LogP contribution in [-0.2, 0) is 4.79 Å². The number of nitro groups is 2. The Bertz CT molecular complexity index is 429. The number of hydrogen-bond donors (Lipinski definition) is 0. The summed E-state index contributed by atoms with van der Waals surface area (Å²) in [4.78, 5) is 28.9. The third kappa shape index (κ3) is 2.05. The molecule has 1 radical (unpaired) electrons. The number of ether oxygens (including phenoxy) is 1. The van der Waals surface area contributed by atoms with Gasteiger partial charge in [-0.15, -0.1) is 0 Å². The minimum absolute atomic E-state index is 0.510. The lowest BCUT2D eigenvalue weighted by atomic mass is 10.2. The van der Waals surface area contributed by atoms with Crippen LogP contribution >= 0.6 is 0 Å². The number of benzene rings is 1. The van der Waals surface area contributed by atoms with Crippen molar-refractivity contribution < 1.29 is 19.4 Å². The zero-order valence-corrected chi connectivity index (χ0v) is 7.08. The summed E-state index contributed by atoms with van der Waals surface area (Å²) in [7, 11) is 0. The first-order valence-corrected chi connectivity index (χ1v) is 3.53. The van der Waals surface area contributed by atoms with Crippen LogP contribution in [0.5, 0.6) is 5.75 Å². The van der Waals surface area contributed by atoms with Crippen LogP contribution in [0.25, 0.3) is 0 Å². The minimum atomic E-state index is -0.995. The van der Waals surface area contributed by atoms with Gasteiger partial charge in [0.1, 0.15) is 0 Å². The Hall–Kier alpha value is -2.51. The summed E-state index contributed by atoms with van der Waals surface area (Å²) in [6.07, 6.45) is 0. The van der Waals surface area contributed by atoms with Crippen molar-refractivity contribution in [2.24, 2.45) is 0 Å². The van der Waals surface area contributed by atoms with Crippen molar-refractivity contribution in [2.75, 3.05) is 0 Å². The van der Waals surface area contributed by atoms with E-state index < -0.39 is 27.0 Å². The van der Waals surface area contributed by atoms with Crippen molar-refractivity contribution in [1.82, 2.24) is 0 Å². The molecule has 0 unspecified atom stereocenters. The highest BCUT2D eigenvalue weighted by Gasteiger charge is 2.29. The van der Waals surface area contributed by atoms with E-state index in [1.807, 2.05) is 0 Å². The van der Waals surface area contributed by atoms with Crippen molar-refractivity contribution in [2.45, 2.75) is 0 Å². The maximum absolute atomic E-state index is 10.5. The Kier molecular flexibility index (Phi) is 2.91. The van der Waals surface area contributed by atoms with E-state index in [0.29, 0.717) is 0 Å². The molecule has 0 aliphatic carbocycles. The molecule has 0 saturated carbocycles. The van der Waals surface area contributed by atoms with Gasteiger partial charge in [-0.3, -0.25) is 20.2 Å². The molecule has 0 N–H and O–H groups in total. The van der Waals surface area contributed by atoms with Crippen LogP contribution in [0, 0.1) is 20.2 Å². The second-order valence-electron chi connectivity index (χ2n) is 2.32. The fourth-order valence-corrected chi connectivity index (χ4v) is 0.969. The number of nitrogens with zero attached hydrogens (tertiary/aromatic N) is 2. The molecule has 1 aromatic carbocycles. The fourth-order valence-electron chi connectivity index (χ4n) is 0.969. The highest BCUT2D eigenvalue weighted by atomic mass is 16.6. The van der Waals surface area contributed by atoms with Gasteiger partial charge in [-0.2, -0.15) is 0 Å². The van der Waals surface area contributed by atoms with Crippen LogP contribution in [0.1, 0.15) is 0 Å². The van der Waals surface area contributed by atoms with Gasteiger partial charge >= 0.3 is 17.8 Å². The molecular formula is C7H3N2O6. The largest absolute Gasteiger partial charge is 0.423 e. The van der Waals surface area contributed by atoms with Gasteiger partial charge in [-0.1, -0.05) is 6.07 Å². The van der Waals surface area contributed by atoms with Crippen LogP contribution in [0.3, 0.4) is 0 Å². The lowest BCUT2D eigenvalue weighted by Crippen LogP contribution is -2.00. The van der Waals surface area contributed by atoms with Crippen LogP contribution in [-0.4, -0.2) is 16.3 Å². The summed E-state index contributed by atoms with van der Waals surface area (Å²) in [5.74, 6) is -0.510. The van der Waals surface area contributed by atoms with E-state index in [2.05, 4.69) is 4.74 Å². The van der Waals surface area contributed by atoms with E-state index in [1.165, 1.54) is 0 Å². The predicted octanol–water partition coefficient (Wildman–Crippen LogP) is 0.949. The number of para-hydroxylation sites is 1. The summed E-state index contributed by atoms with van der Waals surface area (Å²) in [6, 6.07) is 3.17. The highest BCUT2D eigenvalue weighted by molar-refractivity contribution is 5.64. The third-order valence-corrected chi connectivity index (χ3v) is 1.51. The van der Waals surface area contributed by atoms with E-state index in [1.54, 1.807) is 0 Å². The van der Waals surface area contributed by atoms with Crippen molar-refractivity contribution in [3.63, 3.8) is 0 Å². The average molecular weight is 211 g/mol. The molecule has 8 nitrogen and oxygen atoms in total. The Balaban J connectivity index is 3.40. The molecule has 0 heterocycles. The second-order valence-corrected chi connectivity index (χ2v) is 2.32. The number of carbonyl (C=O) groups excluding carboxylic acids is 1. The van der Waals surface area contributed by atoms with Crippen LogP contribution in [0.15, 0.2) is 18.2 Å². The molecule has 0 saturated heterocycles. The number of hydrogen-bond acceptors (Lipinski definition) is 6. The summed E-state index contributed by atoms with van der Waals surface area (Å²) in [6.45, 7) is 0.968. The lowest BCUT2D eigenvalue weighted by Gasteiger charge is -1.98. The van der Waals surface area contributed by atoms with Gasteiger partial charge < -0.3 is 4.74 Å². The number of nitro benzene ring substituents is 2. The Morgan fingerprint density at radius 1 is 1.20 bits per heavy atom. The molecule has 1 rings (SSSR count). The minimum Gasteiger partial charge on any atom is -0.410 e. The summed E-state index contributed by atoms with van der Waals surface area (Å²) < 4.78 is 4.14. The van der Waals surface area contributed by atoms with E-state index in [-0.39, 0.29) is 0 Å². The standard InChI is InChI=1S/C7H3N2O6/c10-4-15-6-3-1-2-5(8(11)12)7(6)9(13)14/h1-3H. The van der Waals surface area contributed by atoms with Crippen molar-refractivity contribution >= 4 is 17.8 Å². The first kappa shape index (κ1) is 10.6. The van der Waals surface area contributed by atoms with E-state index in [4.69, 9.17) is 0 Å². The van der Waals surface area contributed by atoms with Crippen LogP contribution < -0.4 is 4.74 Å². The summed E-state index contributed by atoms with van der Waals surface area (Å²) >= 11 is 0.